The summed E-state index contributed by atoms with van der Waals surface area (Å²) in [6, 6.07) is 2.47. The second-order valence-corrected chi connectivity index (χ2v) is 3.09. The van der Waals surface area contributed by atoms with Crippen molar-refractivity contribution in [3.8, 4) is 0 Å². The lowest BCUT2D eigenvalue weighted by atomic mass is 10.2. The van der Waals surface area contributed by atoms with E-state index in [4.69, 9.17) is 5.73 Å². The molecule has 2 N–H and O–H groups in total. The average molecular weight is 202 g/mol. The van der Waals surface area contributed by atoms with E-state index >= 15 is 0 Å². The van der Waals surface area contributed by atoms with Crippen molar-refractivity contribution in [3.63, 3.8) is 0 Å². The molecule has 6 heteroatoms. The molecule has 0 aromatic heterocycles. The lowest BCUT2D eigenvalue weighted by Gasteiger charge is -2.00. The van der Waals surface area contributed by atoms with E-state index in [1.54, 1.807) is 0 Å². The van der Waals surface area contributed by atoms with E-state index in [9.17, 15) is 12.8 Å². The molecular weight excluding hydrogens is 195 g/mol. The number of nitrogen functional groups attached to an aromatic ring is 1. The maximum absolute atomic E-state index is 12.9. The molecule has 70 valence electrons. The molecule has 0 aliphatic rings. The van der Waals surface area contributed by atoms with E-state index < -0.39 is 16.3 Å². The molecule has 0 heterocycles. The summed E-state index contributed by atoms with van der Waals surface area (Å²) in [4.78, 5) is 0. The van der Waals surface area contributed by atoms with Crippen LogP contribution in [0.3, 0.4) is 0 Å². The number of nitrogens with zero attached hydrogens (tertiary/aromatic N) is 1. The van der Waals surface area contributed by atoms with E-state index in [1.807, 2.05) is 0 Å². The van der Waals surface area contributed by atoms with Gasteiger partial charge in [0.1, 0.15) is 5.82 Å². The molecule has 0 saturated carbocycles. The number of hydrogen-bond donors (Lipinski definition) is 1. The van der Waals surface area contributed by atoms with E-state index in [0.717, 1.165) is 6.07 Å². The predicted molar refractivity (Wildman–Crippen MR) is 46.6 cm³/mol. The largest absolute Gasteiger partial charge is 0.396 e. The first-order valence-corrected chi connectivity index (χ1v) is 4.40. The SMILES string of the molecule is Cc1cc(N=S(=O)=O)cc(N)c1F. The number of hydrogen-bond acceptors (Lipinski definition) is 4. The smallest absolute Gasteiger partial charge is 0.316 e. The van der Waals surface area contributed by atoms with E-state index in [2.05, 4.69) is 4.36 Å². The maximum Gasteiger partial charge on any atom is 0.316 e. The third-order valence-electron chi connectivity index (χ3n) is 1.45. The van der Waals surface area contributed by atoms with Crippen molar-refractivity contribution in [2.24, 2.45) is 4.36 Å². The van der Waals surface area contributed by atoms with Gasteiger partial charge in [-0.1, -0.05) is 0 Å². The summed E-state index contributed by atoms with van der Waals surface area (Å²) in [5, 5.41) is 0. The molecule has 0 bridgehead atoms. The van der Waals surface area contributed by atoms with Gasteiger partial charge in [-0.3, -0.25) is 0 Å². The number of anilines is 1. The van der Waals surface area contributed by atoms with Gasteiger partial charge in [-0.15, -0.1) is 4.36 Å². The van der Waals surface area contributed by atoms with Gasteiger partial charge in [0.05, 0.1) is 11.4 Å². The highest BCUT2D eigenvalue weighted by Gasteiger charge is 2.03. The van der Waals surface area contributed by atoms with E-state index in [0.29, 0.717) is 0 Å². The van der Waals surface area contributed by atoms with Crippen molar-refractivity contribution in [1.29, 1.82) is 0 Å². The second-order valence-electron chi connectivity index (χ2n) is 2.47. The van der Waals surface area contributed by atoms with Gasteiger partial charge >= 0.3 is 10.5 Å². The molecule has 0 amide bonds. The molecule has 0 spiro atoms. The van der Waals surface area contributed by atoms with Crippen LogP contribution in [-0.4, -0.2) is 8.42 Å². The van der Waals surface area contributed by atoms with Crippen molar-refractivity contribution < 1.29 is 12.8 Å². The Hall–Kier alpha value is -1.43. The van der Waals surface area contributed by atoms with Crippen molar-refractivity contribution in [3.05, 3.63) is 23.5 Å². The Labute approximate surface area is 75.9 Å². The first-order chi connectivity index (χ1) is 6.00. The molecule has 0 fully saturated rings. The number of aryl methyl sites for hydroxylation is 1. The maximum atomic E-state index is 12.9. The fourth-order valence-corrected chi connectivity index (χ4v) is 1.19. The Morgan fingerprint density at radius 2 is 2.08 bits per heavy atom. The van der Waals surface area contributed by atoms with Gasteiger partial charge in [0, 0.05) is 0 Å². The van der Waals surface area contributed by atoms with Crippen LogP contribution in [0, 0.1) is 12.7 Å². The Balaban J connectivity index is 3.37. The molecule has 0 radical (unpaired) electrons. The van der Waals surface area contributed by atoms with Gasteiger partial charge in [-0.25, -0.2) is 4.39 Å². The van der Waals surface area contributed by atoms with Crippen LogP contribution < -0.4 is 5.73 Å². The van der Waals surface area contributed by atoms with Crippen LogP contribution in [0.2, 0.25) is 0 Å². The third-order valence-corrected chi connectivity index (χ3v) is 1.81. The molecule has 0 saturated heterocycles. The van der Waals surface area contributed by atoms with Crippen LogP contribution in [0.25, 0.3) is 0 Å². The predicted octanol–water partition coefficient (Wildman–Crippen LogP) is 1.41. The van der Waals surface area contributed by atoms with Crippen LogP contribution in [0.5, 0.6) is 0 Å². The fourth-order valence-electron chi connectivity index (χ4n) is 0.916. The molecule has 4 nitrogen and oxygen atoms in total. The summed E-state index contributed by atoms with van der Waals surface area (Å²) in [6.45, 7) is 1.48. The number of rotatable bonds is 1. The van der Waals surface area contributed by atoms with Crippen LogP contribution in [0.1, 0.15) is 5.56 Å². The Bertz CT molecular complexity index is 436. The zero-order chi connectivity index (χ0) is 10.0. The molecule has 0 aliphatic heterocycles. The summed E-state index contributed by atoms with van der Waals surface area (Å²) < 4.78 is 36.5. The average Bonchev–Trinajstić information content (AvgIpc) is 1.98. The highest BCUT2D eigenvalue weighted by molar-refractivity contribution is 7.61. The van der Waals surface area contributed by atoms with Crippen LogP contribution in [-0.2, 0) is 10.5 Å². The summed E-state index contributed by atoms with van der Waals surface area (Å²) in [6.07, 6.45) is 0. The normalized spacial score (nSPS) is 9.69. The van der Waals surface area contributed by atoms with Gasteiger partial charge in [0.2, 0.25) is 0 Å². The molecule has 0 aliphatic carbocycles. The monoisotopic (exact) mass is 202 g/mol. The highest BCUT2D eigenvalue weighted by atomic mass is 32.2. The van der Waals surface area contributed by atoms with Crippen LogP contribution in [0.4, 0.5) is 15.8 Å². The minimum Gasteiger partial charge on any atom is -0.396 e. The van der Waals surface area contributed by atoms with Crippen LogP contribution in [0.15, 0.2) is 16.5 Å². The molecular formula is C7H7FN2O2S. The molecule has 1 aromatic carbocycles. The topological polar surface area (TPSA) is 72.5 Å². The quantitative estimate of drug-likeness (QED) is 0.700. The third kappa shape index (κ3) is 2.25. The van der Waals surface area contributed by atoms with Gasteiger partial charge in [-0.05, 0) is 24.6 Å². The Morgan fingerprint density at radius 3 is 2.54 bits per heavy atom. The highest BCUT2D eigenvalue weighted by Crippen LogP contribution is 2.22. The van der Waals surface area contributed by atoms with Gasteiger partial charge in [0.25, 0.3) is 0 Å². The van der Waals surface area contributed by atoms with Crippen molar-refractivity contribution in [2.45, 2.75) is 6.92 Å². The molecule has 0 unspecified atom stereocenters. The fraction of sp³-hybridized carbons (Fsp3) is 0.143. The van der Waals surface area contributed by atoms with Crippen molar-refractivity contribution >= 4 is 21.9 Å². The van der Waals surface area contributed by atoms with Gasteiger partial charge in [0.15, 0.2) is 0 Å². The minimum atomic E-state index is -2.54. The zero-order valence-corrected chi connectivity index (χ0v) is 7.60. The standard InChI is InChI=1S/C7H7FN2O2S/c1-4-2-5(10-13(11)12)3-6(9)7(4)8/h2-3H,9H2,1H3. The lowest BCUT2D eigenvalue weighted by molar-refractivity contribution is 0.620. The first-order valence-electron chi connectivity index (χ1n) is 3.37. The second kappa shape index (κ2) is 3.53. The van der Waals surface area contributed by atoms with Gasteiger partial charge < -0.3 is 5.73 Å². The summed E-state index contributed by atoms with van der Waals surface area (Å²) in [5.74, 6) is -0.546. The summed E-state index contributed by atoms with van der Waals surface area (Å²) >= 11 is 0. The zero-order valence-electron chi connectivity index (χ0n) is 6.78. The lowest BCUT2D eigenvalue weighted by Crippen LogP contribution is -1.92. The first kappa shape index (κ1) is 9.66. The molecule has 0 atom stereocenters. The Morgan fingerprint density at radius 1 is 1.46 bits per heavy atom. The summed E-state index contributed by atoms with van der Waals surface area (Å²) in [7, 11) is -2.54. The van der Waals surface area contributed by atoms with Crippen LogP contribution >= 0.6 is 0 Å². The Kier molecular flexibility index (Phi) is 2.62. The van der Waals surface area contributed by atoms with Gasteiger partial charge in [-0.2, -0.15) is 8.42 Å². The van der Waals surface area contributed by atoms with E-state index in [-0.39, 0.29) is 16.9 Å². The number of halogens is 1. The molecule has 13 heavy (non-hydrogen) atoms. The molecule has 1 aromatic rings. The van der Waals surface area contributed by atoms with E-state index in [1.165, 1.54) is 13.0 Å². The molecule has 1 rings (SSSR count). The minimum absolute atomic E-state index is 0.107. The summed E-state index contributed by atoms with van der Waals surface area (Å²) in [5.41, 5.74) is 5.55. The number of benzene rings is 1. The number of nitrogens with two attached hydrogens (primary N) is 1. The van der Waals surface area contributed by atoms with Crippen molar-refractivity contribution in [1.82, 2.24) is 0 Å². The van der Waals surface area contributed by atoms with Crippen molar-refractivity contribution in [2.75, 3.05) is 5.73 Å².